The van der Waals surface area contributed by atoms with Crippen LogP contribution in [0.15, 0.2) is 28.6 Å². The lowest BCUT2D eigenvalue weighted by Gasteiger charge is -2.10. The number of thiazole rings is 1. The van der Waals surface area contributed by atoms with Gasteiger partial charge in [0.05, 0.1) is 29.6 Å². The SMILES string of the molecule is COc1ccc(C(=O)O)c(NS(=O)(=O)c2cnc(C)s2)c1. The van der Waals surface area contributed by atoms with Gasteiger partial charge in [-0.1, -0.05) is 0 Å². The van der Waals surface area contributed by atoms with Crippen molar-refractivity contribution in [2.24, 2.45) is 0 Å². The maximum Gasteiger partial charge on any atom is 0.337 e. The van der Waals surface area contributed by atoms with E-state index in [1.54, 1.807) is 6.92 Å². The highest BCUT2D eigenvalue weighted by molar-refractivity contribution is 7.94. The number of hydrogen-bond donors (Lipinski definition) is 2. The van der Waals surface area contributed by atoms with Gasteiger partial charge in [-0.3, -0.25) is 4.72 Å². The summed E-state index contributed by atoms with van der Waals surface area (Å²) in [6.45, 7) is 1.68. The van der Waals surface area contributed by atoms with Crippen molar-refractivity contribution in [3.8, 4) is 5.75 Å². The Morgan fingerprint density at radius 1 is 1.43 bits per heavy atom. The van der Waals surface area contributed by atoms with Gasteiger partial charge in [-0.25, -0.2) is 18.2 Å². The number of aromatic nitrogens is 1. The van der Waals surface area contributed by atoms with Crippen LogP contribution in [0, 0.1) is 6.92 Å². The fraction of sp³-hybridized carbons (Fsp3) is 0.167. The predicted molar refractivity (Wildman–Crippen MR) is 77.6 cm³/mol. The Morgan fingerprint density at radius 2 is 2.14 bits per heavy atom. The average Bonchev–Trinajstić information content (AvgIpc) is 2.85. The molecule has 9 heteroatoms. The zero-order valence-corrected chi connectivity index (χ0v) is 12.8. The zero-order chi connectivity index (χ0) is 15.6. The molecule has 0 saturated carbocycles. The quantitative estimate of drug-likeness (QED) is 0.869. The summed E-state index contributed by atoms with van der Waals surface area (Å²) in [5, 5.41) is 9.71. The Kier molecular flexibility index (Phi) is 4.14. The van der Waals surface area contributed by atoms with Gasteiger partial charge in [0.25, 0.3) is 10.0 Å². The maximum absolute atomic E-state index is 12.2. The fourth-order valence-electron chi connectivity index (χ4n) is 1.58. The van der Waals surface area contributed by atoms with Crippen molar-refractivity contribution in [1.82, 2.24) is 4.98 Å². The number of ether oxygens (including phenoxy) is 1. The molecule has 0 atom stereocenters. The second-order valence-electron chi connectivity index (χ2n) is 4.02. The van der Waals surface area contributed by atoms with E-state index in [1.807, 2.05) is 0 Å². The first-order valence-electron chi connectivity index (χ1n) is 5.70. The first kappa shape index (κ1) is 15.3. The van der Waals surface area contributed by atoms with E-state index in [0.29, 0.717) is 10.8 Å². The van der Waals surface area contributed by atoms with Gasteiger partial charge in [-0.2, -0.15) is 0 Å². The predicted octanol–water partition coefficient (Wildman–Crippen LogP) is 1.96. The van der Waals surface area contributed by atoms with Crippen LogP contribution >= 0.6 is 11.3 Å². The van der Waals surface area contributed by atoms with Crippen LogP contribution in [0.3, 0.4) is 0 Å². The average molecular weight is 328 g/mol. The van der Waals surface area contributed by atoms with E-state index in [2.05, 4.69) is 9.71 Å². The molecule has 1 heterocycles. The van der Waals surface area contributed by atoms with Gasteiger partial charge in [-0.15, -0.1) is 11.3 Å². The highest BCUT2D eigenvalue weighted by Gasteiger charge is 2.21. The fourth-order valence-corrected chi connectivity index (χ4v) is 3.76. The summed E-state index contributed by atoms with van der Waals surface area (Å²) < 4.78 is 31.7. The number of carboxylic acid groups (broad SMARTS) is 1. The van der Waals surface area contributed by atoms with Crippen molar-refractivity contribution in [1.29, 1.82) is 0 Å². The number of nitrogens with one attached hydrogen (secondary N) is 1. The molecular formula is C12H12N2O5S2. The number of rotatable bonds is 5. The molecule has 0 bridgehead atoms. The summed E-state index contributed by atoms with van der Waals surface area (Å²) in [5.41, 5.74) is -0.228. The number of carbonyl (C=O) groups is 1. The summed E-state index contributed by atoms with van der Waals surface area (Å²) >= 11 is 0.998. The third kappa shape index (κ3) is 3.31. The van der Waals surface area contributed by atoms with Gasteiger partial charge in [0.15, 0.2) is 4.21 Å². The minimum absolute atomic E-state index is 0.0131. The number of aromatic carboxylic acids is 1. The van der Waals surface area contributed by atoms with Crippen molar-refractivity contribution in [3.63, 3.8) is 0 Å². The number of hydrogen-bond acceptors (Lipinski definition) is 6. The number of benzene rings is 1. The first-order valence-corrected chi connectivity index (χ1v) is 8.00. The van der Waals surface area contributed by atoms with Crippen molar-refractivity contribution in [2.75, 3.05) is 11.8 Å². The van der Waals surface area contributed by atoms with Crippen LogP contribution in [-0.4, -0.2) is 31.6 Å². The molecule has 0 aliphatic heterocycles. The lowest BCUT2D eigenvalue weighted by Crippen LogP contribution is -2.14. The third-order valence-corrected chi connectivity index (χ3v) is 5.31. The number of carboxylic acids is 1. The number of nitrogens with zero attached hydrogens (tertiary/aromatic N) is 1. The normalized spacial score (nSPS) is 11.1. The molecular weight excluding hydrogens is 316 g/mol. The summed E-state index contributed by atoms with van der Waals surface area (Å²) in [4.78, 5) is 15.0. The van der Waals surface area contributed by atoms with Crippen LogP contribution in [0.4, 0.5) is 5.69 Å². The molecule has 0 aliphatic carbocycles. The van der Waals surface area contributed by atoms with Gasteiger partial charge in [0.1, 0.15) is 5.75 Å². The van der Waals surface area contributed by atoms with Crippen molar-refractivity contribution in [2.45, 2.75) is 11.1 Å². The largest absolute Gasteiger partial charge is 0.497 e. The number of aryl methyl sites for hydroxylation is 1. The molecule has 7 nitrogen and oxygen atoms in total. The molecule has 0 spiro atoms. The molecule has 1 aromatic carbocycles. The lowest BCUT2D eigenvalue weighted by atomic mass is 10.2. The number of methoxy groups -OCH3 is 1. The summed E-state index contributed by atoms with van der Waals surface area (Å²) in [7, 11) is -2.48. The zero-order valence-electron chi connectivity index (χ0n) is 11.2. The van der Waals surface area contributed by atoms with Crippen LogP contribution in [0.1, 0.15) is 15.4 Å². The maximum atomic E-state index is 12.2. The van der Waals surface area contributed by atoms with E-state index >= 15 is 0 Å². The second-order valence-corrected chi connectivity index (χ2v) is 7.16. The number of sulfonamides is 1. The Bertz CT molecular complexity index is 783. The molecule has 112 valence electrons. The van der Waals surface area contributed by atoms with E-state index in [0.717, 1.165) is 11.3 Å². The van der Waals surface area contributed by atoms with Crippen molar-refractivity contribution >= 4 is 33.0 Å². The van der Waals surface area contributed by atoms with Crippen molar-refractivity contribution < 1.29 is 23.1 Å². The Hall–Kier alpha value is -2.13. The standard InChI is InChI=1S/C12H12N2O5S2/c1-7-13-6-11(20-7)21(17,18)14-10-5-8(19-2)3-4-9(10)12(15)16/h3-6,14H,1-2H3,(H,15,16). The van der Waals surface area contributed by atoms with E-state index < -0.39 is 16.0 Å². The molecule has 0 amide bonds. The highest BCUT2D eigenvalue weighted by atomic mass is 32.2. The molecule has 0 aliphatic rings. The van der Waals surface area contributed by atoms with Gasteiger partial charge in [0.2, 0.25) is 0 Å². The monoisotopic (exact) mass is 328 g/mol. The summed E-state index contributed by atoms with van der Waals surface area (Å²) in [5.74, 6) is -0.894. The van der Waals surface area contributed by atoms with E-state index in [-0.39, 0.29) is 15.5 Å². The van der Waals surface area contributed by atoms with Crippen LogP contribution in [0.2, 0.25) is 0 Å². The Labute approximate surface area is 125 Å². The second kappa shape index (κ2) is 5.70. The molecule has 0 fully saturated rings. The van der Waals surface area contributed by atoms with Crippen LogP contribution in [0.25, 0.3) is 0 Å². The van der Waals surface area contributed by atoms with E-state index in [4.69, 9.17) is 9.84 Å². The third-order valence-electron chi connectivity index (χ3n) is 2.57. The minimum atomic E-state index is -3.89. The van der Waals surface area contributed by atoms with Crippen LogP contribution in [-0.2, 0) is 10.0 Å². The molecule has 0 saturated heterocycles. The summed E-state index contributed by atoms with van der Waals surface area (Å²) in [6.07, 6.45) is 1.23. The number of anilines is 1. The first-order chi connectivity index (χ1) is 9.83. The molecule has 1 aromatic heterocycles. The van der Waals surface area contributed by atoms with Gasteiger partial charge >= 0.3 is 5.97 Å². The molecule has 0 radical (unpaired) electrons. The molecule has 2 N–H and O–H groups in total. The Morgan fingerprint density at radius 3 is 2.67 bits per heavy atom. The molecule has 21 heavy (non-hydrogen) atoms. The van der Waals surface area contributed by atoms with Crippen LogP contribution in [0.5, 0.6) is 5.75 Å². The van der Waals surface area contributed by atoms with Gasteiger partial charge < -0.3 is 9.84 Å². The minimum Gasteiger partial charge on any atom is -0.497 e. The summed E-state index contributed by atoms with van der Waals surface area (Å²) in [6, 6.07) is 4.03. The van der Waals surface area contributed by atoms with Gasteiger partial charge in [-0.05, 0) is 19.1 Å². The van der Waals surface area contributed by atoms with E-state index in [1.165, 1.54) is 31.5 Å². The molecule has 2 rings (SSSR count). The Balaban J connectivity index is 2.44. The molecule has 2 aromatic rings. The lowest BCUT2D eigenvalue weighted by molar-refractivity contribution is 0.0698. The highest BCUT2D eigenvalue weighted by Crippen LogP contribution is 2.27. The van der Waals surface area contributed by atoms with E-state index in [9.17, 15) is 13.2 Å². The molecule has 0 unspecified atom stereocenters. The topological polar surface area (TPSA) is 106 Å². The van der Waals surface area contributed by atoms with Crippen LogP contribution < -0.4 is 9.46 Å². The van der Waals surface area contributed by atoms with Gasteiger partial charge in [0, 0.05) is 6.07 Å². The van der Waals surface area contributed by atoms with Crippen molar-refractivity contribution in [3.05, 3.63) is 35.0 Å². The smallest absolute Gasteiger partial charge is 0.337 e.